The van der Waals surface area contributed by atoms with Crippen molar-refractivity contribution in [3.8, 4) is 11.1 Å². The van der Waals surface area contributed by atoms with Gasteiger partial charge < -0.3 is 9.96 Å². The molecule has 0 aliphatic rings. The first-order valence-corrected chi connectivity index (χ1v) is 17.2. The van der Waals surface area contributed by atoms with Crippen molar-refractivity contribution >= 4 is 27.8 Å². The van der Waals surface area contributed by atoms with E-state index in [-0.39, 0.29) is 10.1 Å². The highest BCUT2D eigenvalue weighted by atomic mass is 28.3. The van der Waals surface area contributed by atoms with Crippen molar-refractivity contribution in [2.45, 2.75) is 91.7 Å². The van der Waals surface area contributed by atoms with E-state index in [1.54, 1.807) is 0 Å². The second kappa shape index (κ2) is 8.19. The van der Waals surface area contributed by atoms with Crippen LogP contribution in [0.15, 0.2) is 36.4 Å². The van der Waals surface area contributed by atoms with Gasteiger partial charge in [-0.05, 0) is 47.2 Å². The summed E-state index contributed by atoms with van der Waals surface area (Å²) in [6.07, 6.45) is 0. The Kier molecular flexibility index (Phi) is 6.76. The Balaban J connectivity index is 2.69. The van der Waals surface area contributed by atoms with Gasteiger partial charge in [0.2, 0.25) is 0 Å². The molecule has 0 amide bonds. The summed E-state index contributed by atoms with van der Waals surface area (Å²) in [5.74, 6) is 0. The molecule has 0 saturated heterocycles. The van der Waals surface area contributed by atoms with Crippen molar-refractivity contribution < 1.29 is 0 Å². The van der Waals surface area contributed by atoms with Crippen molar-refractivity contribution in [1.29, 1.82) is 0 Å². The van der Waals surface area contributed by atoms with Gasteiger partial charge in [-0.2, -0.15) is 0 Å². The van der Waals surface area contributed by atoms with E-state index in [9.17, 15) is 0 Å². The van der Waals surface area contributed by atoms with Gasteiger partial charge in [-0.1, -0.05) is 92.0 Å². The Morgan fingerprint density at radius 3 is 1.13 bits per heavy atom. The Bertz CT molecular complexity index is 825. The van der Waals surface area contributed by atoms with E-state index < -0.39 is 16.5 Å². The van der Waals surface area contributed by atoms with Crippen LogP contribution in [0.1, 0.15) is 52.7 Å². The quantitative estimate of drug-likeness (QED) is 0.454. The van der Waals surface area contributed by atoms with E-state index in [4.69, 9.17) is 0 Å². The van der Waals surface area contributed by atoms with Crippen molar-refractivity contribution in [1.82, 2.24) is 0 Å². The molecule has 2 rings (SSSR count). The minimum absolute atomic E-state index is 0.266. The fourth-order valence-electron chi connectivity index (χ4n) is 3.26. The molecular formula is C26H44N2Si2. The summed E-state index contributed by atoms with van der Waals surface area (Å²) in [7, 11) is -3.41. The summed E-state index contributed by atoms with van der Waals surface area (Å²) < 4.78 is 0. The van der Waals surface area contributed by atoms with Gasteiger partial charge in [0.05, 0.1) is 0 Å². The summed E-state index contributed by atoms with van der Waals surface area (Å²) in [6, 6.07) is 13.4. The fourth-order valence-corrected chi connectivity index (χ4v) is 5.77. The third kappa shape index (κ3) is 5.02. The van der Waals surface area contributed by atoms with Crippen molar-refractivity contribution in [3.05, 3.63) is 47.5 Å². The van der Waals surface area contributed by atoms with Gasteiger partial charge in [-0.25, -0.2) is 0 Å². The van der Waals surface area contributed by atoms with Gasteiger partial charge in [0.1, 0.15) is 0 Å². The van der Waals surface area contributed by atoms with Gasteiger partial charge >= 0.3 is 0 Å². The number of anilines is 2. The highest BCUT2D eigenvalue weighted by Gasteiger charge is 2.38. The van der Waals surface area contributed by atoms with Gasteiger partial charge in [0.25, 0.3) is 0 Å². The molecule has 2 N–H and O–H groups in total. The van der Waals surface area contributed by atoms with Crippen LogP contribution in [0.4, 0.5) is 11.4 Å². The first kappa shape index (κ1) is 24.7. The Hall–Kier alpha value is -1.53. The zero-order chi connectivity index (χ0) is 23.1. The minimum Gasteiger partial charge on any atom is -0.410 e. The molecule has 0 unspecified atom stereocenters. The van der Waals surface area contributed by atoms with Crippen LogP contribution in [0.5, 0.6) is 0 Å². The summed E-state index contributed by atoms with van der Waals surface area (Å²) >= 11 is 0. The predicted octanol–water partition coefficient (Wildman–Crippen LogP) is 8.80. The number of nitrogens with one attached hydrogen (secondary N) is 2. The number of hydrogen-bond donors (Lipinski definition) is 2. The molecule has 0 fully saturated rings. The number of benzene rings is 2. The standard InChI is InChI=1S/C26H44N2Si2/c1-19-15-13-17-21(27-29(9,10)25(3,4)5)23(19)24-20(2)16-14-18-22(24)28-30(11,12)26(6,7)8/h13-18,27-28H,1-12H3. The number of aryl methyl sites for hydroxylation is 2. The maximum Gasteiger partial charge on any atom is 0.152 e. The smallest absolute Gasteiger partial charge is 0.152 e. The first-order valence-electron chi connectivity index (χ1n) is 11.2. The average molecular weight is 441 g/mol. The second-order valence-electron chi connectivity index (χ2n) is 12.0. The van der Waals surface area contributed by atoms with Crippen LogP contribution in [-0.2, 0) is 0 Å². The molecule has 0 aliphatic carbocycles. The molecule has 0 heterocycles. The highest BCUT2D eigenvalue weighted by molar-refractivity contribution is 6.83. The summed E-state index contributed by atoms with van der Waals surface area (Å²) in [5.41, 5.74) is 7.89. The normalized spacial score (nSPS) is 13.3. The lowest BCUT2D eigenvalue weighted by Crippen LogP contribution is -2.46. The lowest BCUT2D eigenvalue weighted by Gasteiger charge is -2.40. The topological polar surface area (TPSA) is 24.1 Å². The Morgan fingerprint density at radius 1 is 0.567 bits per heavy atom. The minimum atomic E-state index is -1.71. The maximum atomic E-state index is 4.04. The lowest BCUT2D eigenvalue weighted by molar-refractivity contribution is 0.723. The van der Waals surface area contributed by atoms with Crippen molar-refractivity contribution in [3.63, 3.8) is 0 Å². The lowest BCUT2D eigenvalue weighted by atomic mass is 9.94. The average Bonchev–Trinajstić information content (AvgIpc) is 2.54. The summed E-state index contributed by atoms with van der Waals surface area (Å²) in [6.45, 7) is 28.4. The molecule has 2 aromatic carbocycles. The van der Waals surface area contributed by atoms with Gasteiger partial charge in [0, 0.05) is 22.5 Å². The third-order valence-electron chi connectivity index (χ3n) is 7.44. The van der Waals surface area contributed by atoms with E-state index in [1.807, 2.05) is 0 Å². The van der Waals surface area contributed by atoms with Gasteiger partial charge in [-0.15, -0.1) is 0 Å². The second-order valence-corrected chi connectivity index (χ2v) is 22.0. The molecule has 0 bridgehead atoms. The van der Waals surface area contributed by atoms with Crippen LogP contribution in [0, 0.1) is 13.8 Å². The van der Waals surface area contributed by atoms with Crippen LogP contribution < -0.4 is 9.96 Å². The largest absolute Gasteiger partial charge is 0.410 e. The van der Waals surface area contributed by atoms with Gasteiger partial charge in [-0.3, -0.25) is 0 Å². The van der Waals surface area contributed by atoms with E-state index in [0.29, 0.717) is 0 Å². The summed E-state index contributed by atoms with van der Waals surface area (Å²) in [4.78, 5) is 8.07. The highest BCUT2D eigenvalue weighted by Crippen LogP contribution is 2.44. The van der Waals surface area contributed by atoms with Gasteiger partial charge in [0.15, 0.2) is 16.5 Å². The summed E-state index contributed by atoms with van der Waals surface area (Å²) in [5, 5.41) is 0.532. The van der Waals surface area contributed by atoms with Crippen LogP contribution in [0.25, 0.3) is 11.1 Å². The number of rotatable bonds is 5. The van der Waals surface area contributed by atoms with Crippen LogP contribution >= 0.6 is 0 Å². The van der Waals surface area contributed by atoms with Crippen LogP contribution in [0.2, 0.25) is 36.3 Å². The Labute approximate surface area is 188 Å². The van der Waals surface area contributed by atoms with Crippen LogP contribution in [-0.4, -0.2) is 16.5 Å². The molecule has 4 heteroatoms. The number of hydrogen-bond acceptors (Lipinski definition) is 2. The monoisotopic (exact) mass is 440 g/mol. The third-order valence-corrected chi connectivity index (χ3v) is 16.7. The molecule has 166 valence electrons. The van der Waals surface area contributed by atoms with E-state index in [1.165, 1.54) is 33.6 Å². The molecule has 0 atom stereocenters. The molecule has 2 nitrogen and oxygen atoms in total. The fraction of sp³-hybridized carbons (Fsp3) is 0.538. The molecule has 2 aromatic rings. The first-order chi connectivity index (χ1) is 13.5. The van der Waals surface area contributed by atoms with Crippen molar-refractivity contribution in [2.75, 3.05) is 9.96 Å². The molecular weight excluding hydrogens is 396 g/mol. The predicted molar refractivity (Wildman–Crippen MR) is 143 cm³/mol. The molecule has 0 aliphatic heterocycles. The zero-order valence-electron chi connectivity index (χ0n) is 21.5. The van der Waals surface area contributed by atoms with E-state index >= 15 is 0 Å². The molecule has 0 aromatic heterocycles. The van der Waals surface area contributed by atoms with E-state index in [0.717, 1.165) is 0 Å². The molecule has 0 saturated carbocycles. The molecule has 0 spiro atoms. The molecule has 30 heavy (non-hydrogen) atoms. The SMILES string of the molecule is Cc1cccc(N[Si](C)(C)C(C)(C)C)c1-c1c(C)cccc1N[Si](C)(C)C(C)(C)C. The van der Waals surface area contributed by atoms with Crippen molar-refractivity contribution in [2.24, 2.45) is 0 Å². The Morgan fingerprint density at radius 2 is 0.867 bits per heavy atom. The maximum absolute atomic E-state index is 4.04. The van der Waals surface area contributed by atoms with E-state index in [2.05, 4.69) is 128 Å². The zero-order valence-corrected chi connectivity index (χ0v) is 23.5. The molecule has 0 radical (unpaired) electrons. The van der Waals surface area contributed by atoms with Crippen LogP contribution in [0.3, 0.4) is 0 Å².